The summed E-state index contributed by atoms with van der Waals surface area (Å²) in [4.78, 5) is 1.41. The molecule has 24 heavy (non-hydrogen) atoms. The second-order valence-corrected chi connectivity index (χ2v) is 6.78. The van der Waals surface area contributed by atoms with Crippen molar-refractivity contribution in [1.82, 2.24) is 4.90 Å². The van der Waals surface area contributed by atoms with Gasteiger partial charge >= 0.3 is 0 Å². The van der Waals surface area contributed by atoms with Crippen LogP contribution < -0.4 is 0 Å². The van der Waals surface area contributed by atoms with Gasteiger partial charge in [0.05, 0.1) is 2.74 Å². The Morgan fingerprint density at radius 3 is 2.62 bits per heavy atom. The van der Waals surface area contributed by atoms with E-state index in [1.54, 1.807) is 12.1 Å². The van der Waals surface area contributed by atoms with Gasteiger partial charge in [0, 0.05) is 21.7 Å². The highest BCUT2D eigenvalue weighted by molar-refractivity contribution is 6.30. The van der Waals surface area contributed by atoms with Crippen molar-refractivity contribution in [3.05, 3.63) is 70.7 Å². The van der Waals surface area contributed by atoms with Gasteiger partial charge < -0.3 is 9.64 Å². The normalized spacial score (nSPS) is 25.1. The molecule has 2 nitrogen and oxygen atoms in total. The van der Waals surface area contributed by atoms with Crippen molar-refractivity contribution in [1.29, 1.82) is 0 Å². The number of halogens is 1. The van der Waals surface area contributed by atoms with E-state index >= 15 is 0 Å². The summed E-state index contributed by atoms with van der Waals surface area (Å²) in [7, 11) is 0. The second-order valence-electron chi connectivity index (χ2n) is 6.35. The minimum Gasteiger partial charge on any atom is -0.366 e. The van der Waals surface area contributed by atoms with E-state index in [1.807, 2.05) is 49.4 Å². The highest BCUT2D eigenvalue weighted by Gasteiger charge is 2.30. The highest BCUT2D eigenvalue weighted by atomic mass is 35.5. The summed E-state index contributed by atoms with van der Waals surface area (Å²) in [6.45, 7) is -1.97. The van der Waals surface area contributed by atoms with Gasteiger partial charge in [0.25, 0.3) is 0 Å². The summed E-state index contributed by atoms with van der Waals surface area (Å²) >= 11 is 6.04. The first kappa shape index (κ1) is 12.1. The molecule has 0 N–H and O–H groups in total. The van der Waals surface area contributed by atoms with Crippen LogP contribution >= 0.6 is 11.6 Å². The largest absolute Gasteiger partial charge is 0.366 e. The number of rotatable bonds is 6. The van der Waals surface area contributed by atoms with E-state index < -0.39 is 19.1 Å². The number of nitrogens with zero attached hydrogens (tertiary/aromatic N) is 1. The lowest BCUT2D eigenvalue weighted by molar-refractivity contribution is -0.0117. The fourth-order valence-corrected chi connectivity index (χ4v) is 3.26. The molecule has 1 saturated heterocycles. The Kier molecular flexibility index (Phi) is 3.87. The van der Waals surface area contributed by atoms with Crippen molar-refractivity contribution in [3.8, 4) is 0 Å². The van der Waals surface area contributed by atoms with E-state index in [0.29, 0.717) is 18.0 Å². The van der Waals surface area contributed by atoms with Crippen LogP contribution in [-0.4, -0.2) is 31.0 Å². The van der Waals surface area contributed by atoms with Crippen LogP contribution in [0.4, 0.5) is 0 Å². The molecule has 2 aromatic carbocycles. The Morgan fingerprint density at radius 2 is 1.92 bits per heavy atom. The van der Waals surface area contributed by atoms with E-state index in [2.05, 4.69) is 0 Å². The van der Waals surface area contributed by atoms with Gasteiger partial charge in [-0.3, -0.25) is 0 Å². The number of likely N-dealkylation sites (tertiary alicyclic amines) is 1. The first-order chi connectivity index (χ1) is 13.5. The molecule has 3 heteroatoms. The monoisotopic (exact) mass is 348 g/mol. The van der Waals surface area contributed by atoms with Crippen LogP contribution in [0.3, 0.4) is 0 Å². The maximum Gasteiger partial charge on any atom is 0.115 e. The molecular weight excluding hydrogens is 318 g/mol. The zero-order valence-electron chi connectivity index (χ0n) is 18.8. The molecule has 0 aromatic heterocycles. The van der Waals surface area contributed by atoms with Gasteiger partial charge in [-0.2, -0.15) is 0 Å². The lowest BCUT2D eigenvalue weighted by Crippen LogP contribution is -2.31. The van der Waals surface area contributed by atoms with Gasteiger partial charge in [0.1, 0.15) is 5.60 Å². The fraction of sp³-hybridized carbons (Fsp3) is 0.429. The van der Waals surface area contributed by atoms with Crippen molar-refractivity contribution in [3.63, 3.8) is 0 Å². The summed E-state index contributed by atoms with van der Waals surface area (Å²) < 4.78 is 46.5. The first-order valence-corrected chi connectivity index (χ1v) is 8.68. The third-order valence-corrected chi connectivity index (χ3v) is 4.94. The van der Waals surface area contributed by atoms with Gasteiger partial charge in [-0.05, 0) is 63.0 Å². The third kappa shape index (κ3) is 3.83. The van der Waals surface area contributed by atoms with Crippen molar-refractivity contribution in [2.45, 2.75) is 37.8 Å². The maximum atomic E-state index is 8.59. The molecule has 128 valence electrons. The second kappa shape index (κ2) is 7.69. The molecule has 0 amide bonds. The van der Waals surface area contributed by atoms with Crippen LogP contribution in [0.25, 0.3) is 0 Å². The Hall–Kier alpha value is -1.35. The minimum atomic E-state index is -2.23. The fourth-order valence-electron chi connectivity index (χ4n) is 3.14. The predicted octanol–water partition coefficient (Wildman–Crippen LogP) is 5.10. The SMILES string of the molecule is [2H]C([2H])(C[C@H]1CCCN1C([2H])([2H])[2H])OC(C)(c1ccccc1)c1ccc(Cl)cc1. The molecular formula is C21H26ClNO. The van der Waals surface area contributed by atoms with Crippen LogP contribution in [0, 0.1) is 0 Å². The van der Waals surface area contributed by atoms with Gasteiger partial charge in [-0.15, -0.1) is 0 Å². The first-order valence-electron chi connectivity index (χ1n) is 10.8. The van der Waals surface area contributed by atoms with Gasteiger partial charge in [0.2, 0.25) is 0 Å². The molecule has 0 aliphatic carbocycles. The predicted molar refractivity (Wildman–Crippen MR) is 101 cm³/mol. The zero-order chi connectivity index (χ0) is 21.3. The molecule has 0 saturated carbocycles. The van der Waals surface area contributed by atoms with Crippen molar-refractivity contribution in [2.75, 3.05) is 20.1 Å². The van der Waals surface area contributed by atoms with Crippen LogP contribution in [-0.2, 0) is 10.3 Å². The lowest BCUT2D eigenvalue weighted by atomic mass is 9.88. The summed E-state index contributed by atoms with van der Waals surface area (Å²) in [6, 6.07) is 16.2. The Morgan fingerprint density at radius 1 is 1.21 bits per heavy atom. The molecule has 0 bridgehead atoms. The molecule has 3 rings (SSSR count). The van der Waals surface area contributed by atoms with Crippen molar-refractivity contribution >= 4 is 11.6 Å². The Balaban J connectivity index is 1.90. The smallest absolute Gasteiger partial charge is 0.115 e. The molecule has 2 aromatic rings. The number of hydrogen-bond acceptors (Lipinski definition) is 2. The van der Waals surface area contributed by atoms with Gasteiger partial charge in [-0.1, -0.05) is 54.1 Å². The van der Waals surface area contributed by atoms with Crippen molar-refractivity contribution in [2.24, 2.45) is 0 Å². The van der Waals surface area contributed by atoms with E-state index in [0.717, 1.165) is 17.5 Å². The summed E-state index contributed by atoms with van der Waals surface area (Å²) in [5.74, 6) is 0. The van der Waals surface area contributed by atoms with E-state index in [9.17, 15) is 0 Å². The van der Waals surface area contributed by atoms with Gasteiger partial charge in [-0.25, -0.2) is 0 Å². The molecule has 2 atom stereocenters. The van der Waals surface area contributed by atoms with E-state index in [4.69, 9.17) is 23.2 Å². The molecule has 0 radical (unpaired) electrons. The van der Waals surface area contributed by atoms with Crippen LogP contribution in [0.2, 0.25) is 5.02 Å². The molecule has 1 unspecified atom stereocenters. The van der Waals surface area contributed by atoms with Crippen LogP contribution in [0.5, 0.6) is 0 Å². The maximum absolute atomic E-state index is 8.59. The third-order valence-electron chi connectivity index (χ3n) is 4.69. The Labute approximate surface area is 157 Å². The van der Waals surface area contributed by atoms with E-state index in [-0.39, 0.29) is 12.5 Å². The number of benzene rings is 2. The average Bonchev–Trinajstić information content (AvgIpc) is 3.10. The highest BCUT2D eigenvalue weighted by Crippen LogP contribution is 2.34. The zero-order valence-corrected chi connectivity index (χ0v) is 14.6. The molecule has 1 heterocycles. The quantitative estimate of drug-likeness (QED) is 0.719. The number of hydrogen-bond donors (Lipinski definition) is 0. The Bertz CT molecular complexity index is 812. The van der Waals surface area contributed by atoms with Crippen molar-refractivity contribution < 1.29 is 11.6 Å². The van der Waals surface area contributed by atoms with Gasteiger partial charge in [0.15, 0.2) is 0 Å². The average molecular weight is 349 g/mol. The minimum absolute atomic E-state index is 0.0125. The standard InChI is InChI=1S/C21H26ClNO/c1-21(17-7-4-3-5-8-17,18-10-12-19(22)13-11-18)24-16-14-20-9-6-15-23(20)2/h3-5,7-8,10-13,20H,6,9,14-16H2,1-2H3/t20-,21?/m1/s1/i2D3,16D2. The molecule has 1 fully saturated rings. The number of ether oxygens (including phenoxy) is 1. The molecule has 0 spiro atoms. The summed E-state index contributed by atoms with van der Waals surface area (Å²) in [5.41, 5.74) is 0.528. The van der Waals surface area contributed by atoms with Crippen LogP contribution in [0.1, 0.15) is 44.2 Å². The topological polar surface area (TPSA) is 12.5 Å². The molecule has 1 aliphatic heterocycles. The molecule has 1 aliphatic rings. The summed E-state index contributed by atoms with van der Waals surface area (Å²) in [6.07, 6.45) is 1.37. The van der Waals surface area contributed by atoms with Crippen LogP contribution in [0.15, 0.2) is 54.6 Å². The summed E-state index contributed by atoms with van der Waals surface area (Å²) in [5, 5.41) is 0.589. The van der Waals surface area contributed by atoms with E-state index in [1.165, 1.54) is 4.90 Å². The lowest BCUT2D eigenvalue weighted by Gasteiger charge is -2.32.